The quantitative estimate of drug-likeness (QED) is 0.896. The average molecular weight is 300 g/mol. The molecule has 0 aliphatic heterocycles. The zero-order chi connectivity index (χ0) is 13.1. The molecule has 1 aromatic rings. The van der Waals surface area contributed by atoms with Crippen molar-refractivity contribution in [3.8, 4) is 0 Å². The van der Waals surface area contributed by atoms with E-state index in [0.717, 1.165) is 16.5 Å². The Hall–Kier alpha value is -0.380. The molecular formula is C14H22BrNO. The Morgan fingerprint density at radius 3 is 2.18 bits per heavy atom. The lowest BCUT2D eigenvalue weighted by molar-refractivity contribution is 0.0972. The lowest BCUT2D eigenvalue weighted by Gasteiger charge is -2.28. The zero-order valence-corrected chi connectivity index (χ0v) is 12.4. The van der Waals surface area contributed by atoms with Crippen molar-refractivity contribution in [3.05, 3.63) is 34.3 Å². The molecule has 0 aliphatic carbocycles. The van der Waals surface area contributed by atoms with Gasteiger partial charge in [-0.2, -0.15) is 0 Å². The molecule has 0 amide bonds. The molecule has 0 fully saturated rings. The molecule has 0 aliphatic rings. The van der Waals surface area contributed by atoms with Crippen molar-refractivity contribution in [3.63, 3.8) is 0 Å². The van der Waals surface area contributed by atoms with Crippen molar-refractivity contribution in [2.75, 3.05) is 6.54 Å². The molecule has 17 heavy (non-hydrogen) atoms. The maximum atomic E-state index is 10.3. The van der Waals surface area contributed by atoms with E-state index in [1.54, 1.807) is 0 Å². The van der Waals surface area contributed by atoms with Gasteiger partial charge in [-0.25, -0.2) is 0 Å². The van der Waals surface area contributed by atoms with Crippen LogP contribution < -0.4 is 5.73 Å². The highest BCUT2D eigenvalue weighted by Crippen LogP contribution is 2.29. The van der Waals surface area contributed by atoms with Gasteiger partial charge in [-0.1, -0.05) is 48.8 Å². The molecule has 0 spiro atoms. The van der Waals surface area contributed by atoms with Gasteiger partial charge < -0.3 is 10.8 Å². The van der Waals surface area contributed by atoms with Crippen LogP contribution in [0, 0.1) is 5.41 Å². The van der Waals surface area contributed by atoms with E-state index in [1.165, 1.54) is 0 Å². The van der Waals surface area contributed by atoms with Crippen molar-refractivity contribution in [2.45, 2.75) is 39.2 Å². The second-order valence-corrected chi connectivity index (χ2v) is 6.64. The number of benzene rings is 1. The SMILES string of the molecule is CC(C)(C)CC(O)C(CN)c1ccc(Br)cc1. The van der Waals surface area contributed by atoms with Gasteiger partial charge in [0.05, 0.1) is 6.10 Å². The van der Waals surface area contributed by atoms with Crippen LogP contribution in [0.4, 0.5) is 0 Å². The molecule has 1 rings (SSSR count). The highest BCUT2D eigenvalue weighted by atomic mass is 79.9. The van der Waals surface area contributed by atoms with E-state index in [-0.39, 0.29) is 17.4 Å². The molecule has 0 heterocycles. The molecule has 2 atom stereocenters. The molecule has 0 saturated heterocycles. The first kappa shape index (κ1) is 14.7. The van der Waals surface area contributed by atoms with Gasteiger partial charge in [-0.15, -0.1) is 0 Å². The number of aliphatic hydroxyl groups is 1. The van der Waals surface area contributed by atoms with Crippen LogP contribution in [0.5, 0.6) is 0 Å². The maximum Gasteiger partial charge on any atom is 0.0625 e. The highest BCUT2D eigenvalue weighted by molar-refractivity contribution is 9.10. The summed E-state index contributed by atoms with van der Waals surface area (Å²) in [5, 5.41) is 10.3. The molecule has 3 N–H and O–H groups in total. The predicted molar refractivity (Wildman–Crippen MR) is 76.0 cm³/mol. The van der Waals surface area contributed by atoms with Crippen LogP contribution in [0.2, 0.25) is 0 Å². The van der Waals surface area contributed by atoms with Crippen molar-refractivity contribution in [1.82, 2.24) is 0 Å². The van der Waals surface area contributed by atoms with Gasteiger partial charge in [0.15, 0.2) is 0 Å². The summed E-state index contributed by atoms with van der Waals surface area (Å²) in [4.78, 5) is 0. The lowest BCUT2D eigenvalue weighted by Crippen LogP contribution is -2.29. The molecule has 2 nitrogen and oxygen atoms in total. The van der Waals surface area contributed by atoms with E-state index < -0.39 is 0 Å². The van der Waals surface area contributed by atoms with Crippen LogP contribution in [0.15, 0.2) is 28.7 Å². The standard InChI is InChI=1S/C14H22BrNO/c1-14(2,3)8-13(17)12(9-16)10-4-6-11(15)7-5-10/h4-7,12-13,17H,8-9,16H2,1-3H3. The first-order valence-electron chi connectivity index (χ1n) is 5.97. The van der Waals surface area contributed by atoms with Crippen molar-refractivity contribution >= 4 is 15.9 Å². The molecule has 0 bridgehead atoms. The van der Waals surface area contributed by atoms with Gasteiger partial charge >= 0.3 is 0 Å². The lowest BCUT2D eigenvalue weighted by atomic mass is 9.82. The Morgan fingerprint density at radius 1 is 1.24 bits per heavy atom. The Balaban J connectivity index is 2.80. The summed E-state index contributed by atoms with van der Waals surface area (Å²) in [6, 6.07) is 8.02. The fourth-order valence-electron chi connectivity index (χ4n) is 1.99. The Bertz CT molecular complexity index is 342. The zero-order valence-electron chi connectivity index (χ0n) is 10.8. The summed E-state index contributed by atoms with van der Waals surface area (Å²) >= 11 is 3.41. The van der Waals surface area contributed by atoms with Crippen molar-refractivity contribution in [1.29, 1.82) is 0 Å². The van der Waals surface area contributed by atoms with Gasteiger partial charge in [0.1, 0.15) is 0 Å². The first-order valence-corrected chi connectivity index (χ1v) is 6.76. The van der Waals surface area contributed by atoms with Crippen LogP contribution in [-0.2, 0) is 0 Å². The van der Waals surface area contributed by atoms with Crippen molar-refractivity contribution < 1.29 is 5.11 Å². The van der Waals surface area contributed by atoms with E-state index in [4.69, 9.17) is 5.73 Å². The molecule has 0 radical (unpaired) electrons. The summed E-state index contributed by atoms with van der Waals surface area (Å²) in [7, 11) is 0. The summed E-state index contributed by atoms with van der Waals surface area (Å²) in [5.41, 5.74) is 7.01. The third-order valence-corrected chi connectivity index (χ3v) is 3.37. The second-order valence-electron chi connectivity index (χ2n) is 5.73. The maximum absolute atomic E-state index is 10.3. The fraction of sp³-hybridized carbons (Fsp3) is 0.571. The fourth-order valence-corrected chi connectivity index (χ4v) is 2.26. The number of rotatable bonds is 4. The van der Waals surface area contributed by atoms with Gasteiger partial charge in [-0.3, -0.25) is 0 Å². The van der Waals surface area contributed by atoms with Crippen molar-refractivity contribution in [2.24, 2.45) is 11.1 Å². The molecule has 3 heteroatoms. The molecule has 96 valence electrons. The van der Waals surface area contributed by atoms with Gasteiger partial charge in [-0.05, 0) is 29.5 Å². The number of hydrogen-bond acceptors (Lipinski definition) is 2. The van der Waals surface area contributed by atoms with Gasteiger partial charge in [0, 0.05) is 16.9 Å². The molecule has 1 aromatic carbocycles. The smallest absolute Gasteiger partial charge is 0.0625 e. The van der Waals surface area contributed by atoms with Crippen LogP contribution >= 0.6 is 15.9 Å². The second kappa shape index (κ2) is 5.98. The summed E-state index contributed by atoms with van der Waals surface area (Å²) < 4.78 is 1.04. The normalized spacial score (nSPS) is 15.6. The van der Waals surface area contributed by atoms with Crippen LogP contribution in [0.1, 0.15) is 38.7 Å². The van der Waals surface area contributed by atoms with Crippen LogP contribution in [0.25, 0.3) is 0 Å². The monoisotopic (exact) mass is 299 g/mol. The topological polar surface area (TPSA) is 46.2 Å². The molecule has 0 aromatic heterocycles. The van der Waals surface area contributed by atoms with E-state index >= 15 is 0 Å². The molecular weight excluding hydrogens is 278 g/mol. The largest absolute Gasteiger partial charge is 0.392 e. The summed E-state index contributed by atoms with van der Waals surface area (Å²) in [6.07, 6.45) is 0.367. The number of halogens is 1. The average Bonchev–Trinajstić information content (AvgIpc) is 2.19. The summed E-state index contributed by atoms with van der Waals surface area (Å²) in [5.74, 6) is 0.0160. The third-order valence-electron chi connectivity index (χ3n) is 2.84. The molecule has 2 unspecified atom stereocenters. The third kappa shape index (κ3) is 4.78. The predicted octanol–water partition coefficient (Wildman–Crippen LogP) is 3.29. The Kier molecular flexibility index (Phi) is 5.17. The van der Waals surface area contributed by atoms with E-state index in [1.807, 2.05) is 24.3 Å². The number of hydrogen-bond donors (Lipinski definition) is 2. The Morgan fingerprint density at radius 2 is 1.76 bits per heavy atom. The number of nitrogens with two attached hydrogens (primary N) is 1. The summed E-state index contributed by atoms with van der Waals surface area (Å²) in [6.45, 7) is 6.86. The van der Waals surface area contributed by atoms with Crippen LogP contribution in [-0.4, -0.2) is 17.8 Å². The van der Waals surface area contributed by atoms with Crippen LogP contribution in [0.3, 0.4) is 0 Å². The minimum absolute atomic E-state index is 0.0160. The first-order chi connectivity index (χ1) is 7.83. The van der Waals surface area contributed by atoms with E-state index in [9.17, 15) is 5.11 Å². The van der Waals surface area contributed by atoms with Gasteiger partial charge in [0.25, 0.3) is 0 Å². The van der Waals surface area contributed by atoms with E-state index in [2.05, 4.69) is 36.7 Å². The minimum Gasteiger partial charge on any atom is -0.392 e. The molecule has 0 saturated carbocycles. The number of aliphatic hydroxyl groups excluding tert-OH is 1. The Labute approximate surface area is 112 Å². The van der Waals surface area contributed by atoms with E-state index in [0.29, 0.717) is 6.54 Å². The highest BCUT2D eigenvalue weighted by Gasteiger charge is 2.24. The minimum atomic E-state index is -0.388. The van der Waals surface area contributed by atoms with Gasteiger partial charge in [0.2, 0.25) is 0 Å².